The summed E-state index contributed by atoms with van der Waals surface area (Å²) in [5.74, 6) is -3.21. The zero-order valence-electron chi connectivity index (χ0n) is 26.2. The Kier molecular flexibility index (Phi) is 7.61. The molecule has 12 heteroatoms. The second-order valence-corrected chi connectivity index (χ2v) is 12.0. The summed E-state index contributed by atoms with van der Waals surface area (Å²) < 4.78 is 32.6. The van der Waals surface area contributed by atoms with Crippen molar-refractivity contribution in [1.29, 1.82) is 0 Å². The third kappa shape index (κ3) is 4.53. The SMILES string of the molecule is C=CC(=O)N1C[C@@H]2C(=O)N(C)c3c(c4cc(F)c(-c5c(O)cccc5F)nc4n(-c4c(C)ccnc4C(C)C)c3=O)N2C[C@H]1CC. The van der Waals surface area contributed by atoms with Crippen molar-refractivity contribution < 1.29 is 23.5 Å². The normalized spacial score (nSPS) is 17.8. The highest BCUT2D eigenvalue weighted by Gasteiger charge is 2.46. The molecule has 6 rings (SSSR count). The Hall–Kier alpha value is -5.13. The summed E-state index contributed by atoms with van der Waals surface area (Å²) in [7, 11) is 1.48. The molecule has 238 valence electrons. The van der Waals surface area contributed by atoms with Crippen molar-refractivity contribution >= 4 is 34.2 Å². The van der Waals surface area contributed by atoms with E-state index in [-0.39, 0.29) is 53.4 Å². The number of benzene rings is 1. The molecule has 0 bridgehead atoms. The molecule has 0 aliphatic carbocycles. The lowest BCUT2D eigenvalue weighted by molar-refractivity contribution is -0.131. The number of aromatic hydroxyl groups is 1. The average molecular weight is 629 g/mol. The van der Waals surface area contributed by atoms with E-state index < -0.39 is 46.1 Å². The fraction of sp³-hybridized carbons (Fsp3) is 0.324. The van der Waals surface area contributed by atoms with Gasteiger partial charge in [-0.15, -0.1) is 0 Å². The summed E-state index contributed by atoms with van der Waals surface area (Å²) in [6.45, 7) is 11.4. The average Bonchev–Trinajstić information content (AvgIpc) is 3.02. The van der Waals surface area contributed by atoms with E-state index in [9.17, 15) is 19.5 Å². The molecule has 2 atom stereocenters. The van der Waals surface area contributed by atoms with Gasteiger partial charge in [-0.25, -0.2) is 13.8 Å². The molecule has 0 radical (unpaired) electrons. The number of anilines is 2. The number of aromatic nitrogens is 3. The number of rotatable bonds is 5. The largest absolute Gasteiger partial charge is 0.507 e. The fourth-order valence-electron chi connectivity index (χ4n) is 6.68. The van der Waals surface area contributed by atoms with Crippen LogP contribution in [0.25, 0.3) is 28.0 Å². The number of phenols is 1. The number of nitrogens with zero attached hydrogens (tertiary/aromatic N) is 6. The molecule has 0 spiro atoms. The number of aryl methyl sites for hydroxylation is 1. The van der Waals surface area contributed by atoms with Gasteiger partial charge in [0.2, 0.25) is 5.91 Å². The highest BCUT2D eigenvalue weighted by Crippen LogP contribution is 2.44. The van der Waals surface area contributed by atoms with Gasteiger partial charge >= 0.3 is 0 Å². The third-order valence-corrected chi connectivity index (χ3v) is 8.97. The van der Waals surface area contributed by atoms with Crippen LogP contribution in [0, 0.1) is 18.6 Å². The number of amides is 2. The summed E-state index contributed by atoms with van der Waals surface area (Å²) in [5, 5.41) is 10.8. The number of hydrogen-bond acceptors (Lipinski definition) is 7. The van der Waals surface area contributed by atoms with Crippen molar-refractivity contribution in [3.8, 4) is 22.7 Å². The van der Waals surface area contributed by atoms with Gasteiger partial charge in [0.25, 0.3) is 11.5 Å². The van der Waals surface area contributed by atoms with E-state index in [1.54, 1.807) is 29.0 Å². The van der Waals surface area contributed by atoms with E-state index in [2.05, 4.69) is 16.5 Å². The number of piperazine rings is 1. The van der Waals surface area contributed by atoms with Crippen LogP contribution < -0.4 is 15.4 Å². The molecule has 2 aliphatic rings. The molecule has 1 N–H and O–H groups in total. The number of halogens is 2. The number of phenolic OH excluding ortho intramolecular Hbond substituents is 1. The first-order valence-electron chi connectivity index (χ1n) is 15.1. The van der Waals surface area contributed by atoms with Gasteiger partial charge in [0.1, 0.15) is 29.0 Å². The Morgan fingerprint density at radius 3 is 2.52 bits per heavy atom. The minimum absolute atomic E-state index is 0.0000481. The van der Waals surface area contributed by atoms with Crippen molar-refractivity contribution in [2.45, 2.75) is 52.1 Å². The van der Waals surface area contributed by atoms with Gasteiger partial charge in [0, 0.05) is 31.2 Å². The van der Waals surface area contributed by atoms with Crippen LogP contribution in [0.1, 0.15) is 44.4 Å². The molecule has 1 aromatic carbocycles. The maximum atomic E-state index is 16.2. The van der Waals surface area contributed by atoms with Gasteiger partial charge in [0.05, 0.1) is 29.2 Å². The summed E-state index contributed by atoms with van der Waals surface area (Å²) >= 11 is 0. The summed E-state index contributed by atoms with van der Waals surface area (Å²) in [6, 6.07) is 5.31. The Balaban J connectivity index is 1.76. The predicted octanol–water partition coefficient (Wildman–Crippen LogP) is 4.82. The first kappa shape index (κ1) is 30.9. The van der Waals surface area contributed by atoms with Crippen molar-refractivity contribution in [2.75, 3.05) is 29.9 Å². The molecule has 5 heterocycles. The number of hydrogen-bond donors (Lipinski definition) is 1. The molecule has 2 amide bonds. The van der Waals surface area contributed by atoms with Crippen molar-refractivity contribution in [2.24, 2.45) is 0 Å². The monoisotopic (exact) mass is 628 g/mol. The smallest absolute Gasteiger partial charge is 0.283 e. The van der Waals surface area contributed by atoms with Crippen LogP contribution >= 0.6 is 0 Å². The molecule has 3 aromatic heterocycles. The van der Waals surface area contributed by atoms with Crippen LogP contribution in [0.15, 0.2) is 54.0 Å². The quantitative estimate of drug-likeness (QED) is 0.316. The number of carbonyl (C=O) groups excluding carboxylic acids is 2. The highest BCUT2D eigenvalue weighted by atomic mass is 19.1. The van der Waals surface area contributed by atoms with E-state index in [0.717, 1.165) is 6.07 Å². The molecule has 10 nitrogen and oxygen atoms in total. The molecule has 1 fully saturated rings. The molecule has 1 saturated heterocycles. The van der Waals surface area contributed by atoms with Gasteiger partial charge in [-0.05, 0) is 55.2 Å². The van der Waals surface area contributed by atoms with E-state index in [4.69, 9.17) is 0 Å². The van der Waals surface area contributed by atoms with Crippen molar-refractivity contribution in [3.05, 3.63) is 82.4 Å². The van der Waals surface area contributed by atoms with E-state index >= 15 is 8.78 Å². The predicted molar refractivity (Wildman–Crippen MR) is 172 cm³/mol. The molecule has 46 heavy (non-hydrogen) atoms. The summed E-state index contributed by atoms with van der Waals surface area (Å²) in [4.78, 5) is 55.3. The zero-order chi connectivity index (χ0) is 33.2. The Labute approximate surface area is 264 Å². The lowest BCUT2D eigenvalue weighted by atomic mass is 9.96. The highest BCUT2D eigenvalue weighted by molar-refractivity contribution is 6.12. The Bertz CT molecular complexity index is 1990. The second kappa shape index (κ2) is 11.3. The topological polar surface area (TPSA) is 112 Å². The number of likely N-dealkylation sites (N-methyl/N-ethyl adjacent to an activating group) is 1. The molecule has 2 aliphatic heterocycles. The van der Waals surface area contributed by atoms with Gasteiger partial charge in [-0.1, -0.05) is 33.4 Å². The van der Waals surface area contributed by atoms with Gasteiger partial charge < -0.3 is 19.8 Å². The summed E-state index contributed by atoms with van der Waals surface area (Å²) in [6.07, 6.45) is 3.39. The van der Waals surface area contributed by atoms with Gasteiger partial charge in [0.15, 0.2) is 11.5 Å². The van der Waals surface area contributed by atoms with Crippen molar-refractivity contribution in [1.82, 2.24) is 19.4 Å². The van der Waals surface area contributed by atoms with Crippen LogP contribution in [0.5, 0.6) is 5.75 Å². The standard InChI is InChI=1S/C34H34F2N6O4/c1-7-19-15-41-23(16-40(19)25(44)8-2)33(45)39(6)31-30(41)20-14-22(36)28(26-21(35)10-9-11-24(26)43)38-32(20)42(34(31)46)29-18(5)12-13-37-27(29)17(3)4/h8-14,17,19,23,43H,2,7,15-16H2,1,3-6H3/t19-,23-/m1/s1. The van der Waals surface area contributed by atoms with E-state index in [1.165, 1.54) is 40.8 Å². The molecular formula is C34H34F2N6O4. The Morgan fingerprint density at radius 2 is 1.87 bits per heavy atom. The van der Waals surface area contributed by atoms with Crippen LogP contribution in [0.2, 0.25) is 0 Å². The fourth-order valence-corrected chi connectivity index (χ4v) is 6.68. The van der Waals surface area contributed by atoms with Crippen LogP contribution in [-0.4, -0.2) is 68.6 Å². The lowest BCUT2D eigenvalue weighted by Gasteiger charge is -2.50. The first-order chi connectivity index (χ1) is 21.9. The van der Waals surface area contributed by atoms with E-state index in [0.29, 0.717) is 23.4 Å². The van der Waals surface area contributed by atoms with Gasteiger partial charge in [-0.3, -0.25) is 23.9 Å². The number of carbonyl (C=O) groups is 2. The minimum atomic E-state index is -0.934. The second-order valence-electron chi connectivity index (χ2n) is 12.0. The molecular weight excluding hydrogens is 594 g/mol. The molecule has 4 aromatic rings. The van der Waals surface area contributed by atoms with Crippen LogP contribution in [-0.2, 0) is 9.59 Å². The third-order valence-electron chi connectivity index (χ3n) is 8.97. The molecule has 0 unspecified atom stereocenters. The number of fused-ring (bicyclic) bond motifs is 5. The molecule has 0 saturated carbocycles. The minimum Gasteiger partial charge on any atom is -0.507 e. The lowest BCUT2D eigenvalue weighted by Crippen LogP contribution is -2.66. The van der Waals surface area contributed by atoms with Gasteiger partial charge in [-0.2, -0.15) is 0 Å². The Morgan fingerprint density at radius 1 is 1.13 bits per heavy atom. The first-order valence-corrected chi connectivity index (χ1v) is 15.1. The van der Waals surface area contributed by atoms with Crippen LogP contribution in [0.4, 0.5) is 20.2 Å². The maximum Gasteiger partial charge on any atom is 0.283 e. The van der Waals surface area contributed by atoms with E-state index in [1.807, 2.05) is 20.8 Å². The number of pyridine rings is 3. The summed E-state index contributed by atoms with van der Waals surface area (Å²) in [5.41, 5.74) is 0.434. The zero-order valence-corrected chi connectivity index (χ0v) is 26.2. The van der Waals surface area contributed by atoms with Crippen LogP contribution in [0.3, 0.4) is 0 Å². The van der Waals surface area contributed by atoms with Crippen molar-refractivity contribution in [3.63, 3.8) is 0 Å². The maximum absolute atomic E-state index is 16.2.